The highest BCUT2D eigenvalue weighted by Crippen LogP contribution is 2.31. The molecule has 1 saturated carbocycles. The first-order chi connectivity index (χ1) is 12.5. The molecular formula is C19H26N2O3S2. The summed E-state index contributed by atoms with van der Waals surface area (Å²) in [6.07, 6.45) is 6.30. The molecule has 0 bridgehead atoms. The first-order valence-corrected chi connectivity index (χ1v) is 11.6. The lowest BCUT2D eigenvalue weighted by molar-refractivity contribution is 0.331. The summed E-state index contributed by atoms with van der Waals surface area (Å²) in [4.78, 5) is 4.67. The molecule has 142 valence electrons. The molecule has 1 fully saturated rings. The average molecular weight is 395 g/mol. The number of hydrogen-bond donors (Lipinski definition) is 1. The lowest BCUT2D eigenvalue weighted by Crippen LogP contribution is -2.34. The predicted molar refractivity (Wildman–Crippen MR) is 105 cm³/mol. The van der Waals surface area contributed by atoms with Gasteiger partial charge in [0.1, 0.15) is 10.6 Å². The van der Waals surface area contributed by atoms with Crippen LogP contribution in [0.5, 0.6) is 5.75 Å². The Bertz CT molecular complexity index is 838. The number of nitrogens with one attached hydrogen (secondary N) is 1. The van der Waals surface area contributed by atoms with E-state index >= 15 is 0 Å². The van der Waals surface area contributed by atoms with Gasteiger partial charge in [-0.05, 0) is 44.9 Å². The maximum atomic E-state index is 13.1. The number of aryl methyl sites for hydroxylation is 1. The quantitative estimate of drug-likeness (QED) is 0.732. The normalized spacial score (nSPS) is 16.4. The van der Waals surface area contributed by atoms with E-state index < -0.39 is 10.0 Å². The largest absolute Gasteiger partial charge is 0.492 e. The number of nitrogens with zero attached hydrogens (tertiary/aromatic N) is 1. The summed E-state index contributed by atoms with van der Waals surface area (Å²) < 4.78 is 34.7. The van der Waals surface area contributed by atoms with Crippen molar-refractivity contribution in [1.29, 1.82) is 0 Å². The monoisotopic (exact) mass is 394 g/mol. The summed E-state index contributed by atoms with van der Waals surface area (Å²) in [7, 11) is -3.65. The first kappa shape index (κ1) is 19.3. The lowest BCUT2D eigenvalue weighted by atomic mass is 10.1. The van der Waals surface area contributed by atoms with Crippen molar-refractivity contribution < 1.29 is 13.2 Å². The number of benzene rings is 1. The third-order valence-corrected chi connectivity index (χ3v) is 6.94. The van der Waals surface area contributed by atoms with Crippen LogP contribution >= 0.6 is 11.3 Å². The van der Waals surface area contributed by atoms with Gasteiger partial charge in [-0.1, -0.05) is 25.7 Å². The van der Waals surface area contributed by atoms with Gasteiger partial charge in [-0.2, -0.15) is 0 Å². The second kappa shape index (κ2) is 8.50. The van der Waals surface area contributed by atoms with E-state index in [1.165, 1.54) is 12.8 Å². The molecule has 0 aliphatic heterocycles. The smallest absolute Gasteiger partial charge is 0.244 e. The van der Waals surface area contributed by atoms with Crippen molar-refractivity contribution in [3.8, 4) is 17.0 Å². The van der Waals surface area contributed by atoms with Crippen LogP contribution in [0.4, 0.5) is 0 Å². The summed E-state index contributed by atoms with van der Waals surface area (Å²) in [5, 5.41) is 2.90. The van der Waals surface area contributed by atoms with E-state index in [2.05, 4.69) is 9.71 Å². The van der Waals surface area contributed by atoms with Gasteiger partial charge in [-0.3, -0.25) is 0 Å². The van der Waals surface area contributed by atoms with Crippen molar-refractivity contribution in [2.75, 3.05) is 6.61 Å². The maximum Gasteiger partial charge on any atom is 0.244 e. The van der Waals surface area contributed by atoms with Gasteiger partial charge in [-0.15, -0.1) is 11.3 Å². The van der Waals surface area contributed by atoms with E-state index in [0.717, 1.165) is 41.9 Å². The topological polar surface area (TPSA) is 68.3 Å². The van der Waals surface area contributed by atoms with Crippen molar-refractivity contribution in [2.24, 2.45) is 0 Å². The third-order valence-electron chi connectivity index (χ3n) is 4.62. The first-order valence-electron chi connectivity index (χ1n) is 9.21. The minimum absolute atomic E-state index is 0.00199. The van der Waals surface area contributed by atoms with Crippen LogP contribution < -0.4 is 9.46 Å². The molecule has 0 spiro atoms. The Morgan fingerprint density at radius 3 is 2.58 bits per heavy atom. The fourth-order valence-corrected chi connectivity index (χ4v) is 5.43. The highest BCUT2D eigenvalue weighted by Gasteiger charge is 2.25. The number of aromatic nitrogens is 1. The predicted octanol–water partition coefficient (Wildman–Crippen LogP) is 4.52. The molecule has 1 heterocycles. The molecule has 0 saturated heterocycles. The highest BCUT2D eigenvalue weighted by molar-refractivity contribution is 7.89. The Morgan fingerprint density at radius 1 is 1.23 bits per heavy atom. The van der Waals surface area contributed by atoms with Crippen molar-refractivity contribution in [3.05, 3.63) is 28.6 Å². The van der Waals surface area contributed by atoms with E-state index in [9.17, 15) is 8.42 Å². The molecule has 1 aromatic carbocycles. The van der Waals surface area contributed by atoms with Crippen LogP contribution in [0.2, 0.25) is 0 Å². The van der Waals surface area contributed by atoms with Crippen LogP contribution in [0, 0.1) is 6.92 Å². The number of thiazole rings is 1. The van der Waals surface area contributed by atoms with Crippen molar-refractivity contribution in [1.82, 2.24) is 9.71 Å². The van der Waals surface area contributed by atoms with Crippen molar-refractivity contribution in [3.63, 3.8) is 0 Å². The second-order valence-electron chi connectivity index (χ2n) is 6.66. The highest BCUT2D eigenvalue weighted by atomic mass is 32.2. The van der Waals surface area contributed by atoms with Gasteiger partial charge in [0.2, 0.25) is 10.0 Å². The minimum atomic E-state index is -3.65. The van der Waals surface area contributed by atoms with Crippen LogP contribution in [0.15, 0.2) is 28.5 Å². The summed E-state index contributed by atoms with van der Waals surface area (Å²) in [6.45, 7) is 4.21. The molecule has 0 radical (unpaired) electrons. The molecule has 26 heavy (non-hydrogen) atoms. The average Bonchev–Trinajstić information content (AvgIpc) is 2.88. The van der Waals surface area contributed by atoms with Gasteiger partial charge in [-0.25, -0.2) is 18.1 Å². The molecule has 0 amide bonds. The van der Waals surface area contributed by atoms with Gasteiger partial charge in [0.25, 0.3) is 0 Å². The number of hydrogen-bond acceptors (Lipinski definition) is 5. The fraction of sp³-hybridized carbons (Fsp3) is 0.526. The molecule has 1 aliphatic rings. The molecule has 1 aliphatic carbocycles. The van der Waals surface area contributed by atoms with Crippen LogP contribution in [-0.4, -0.2) is 26.1 Å². The van der Waals surface area contributed by atoms with E-state index in [-0.39, 0.29) is 10.9 Å². The molecule has 0 atom stereocenters. The van der Waals surface area contributed by atoms with Crippen LogP contribution in [0.3, 0.4) is 0 Å². The van der Waals surface area contributed by atoms with E-state index in [4.69, 9.17) is 4.74 Å². The molecule has 7 heteroatoms. The number of rotatable bonds is 6. The summed E-state index contributed by atoms with van der Waals surface area (Å²) in [5.41, 5.74) is 1.58. The molecule has 1 N–H and O–H groups in total. The zero-order valence-corrected chi connectivity index (χ0v) is 17.0. The lowest BCUT2D eigenvalue weighted by Gasteiger charge is -2.18. The third kappa shape index (κ3) is 4.64. The SMILES string of the molecule is CCOc1ccc(-c2csc(C)n2)cc1S(=O)(=O)NC1CCCCCC1. The zero-order chi connectivity index (χ0) is 18.6. The van der Waals surface area contributed by atoms with Crippen molar-refractivity contribution >= 4 is 21.4 Å². The Morgan fingerprint density at radius 2 is 1.96 bits per heavy atom. The van der Waals surface area contributed by atoms with Gasteiger partial charge < -0.3 is 4.74 Å². The molecular weight excluding hydrogens is 368 g/mol. The summed E-state index contributed by atoms with van der Waals surface area (Å²) >= 11 is 1.55. The van der Waals surface area contributed by atoms with Gasteiger partial charge >= 0.3 is 0 Å². The fourth-order valence-electron chi connectivity index (χ4n) is 3.33. The van der Waals surface area contributed by atoms with Crippen LogP contribution in [-0.2, 0) is 10.0 Å². The molecule has 0 unspecified atom stereocenters. The van der Waals surface area contributed by atoms with Gasteiger partial charge in [0.15, 0.2) is 0 Å². The Hall–Kier alpha value is -1.44. The minimum Gasteiger partial charge on any atom is -0.492 e. The van der Waals surface area contributed by atoms with Crippen molar-refractivity contribution in [2.45, 2.75) is 63.3 Å². The Labute approximate surface area is 159 Å². The Kier molecular flexibility index (Phi) is 6.32. The van der Waals surface area contributed by atoms with Gasteiger partial charge in [0, 0.05) is 17.0 Å². The second-order valence-corrected chi connectivity index (χ2v) is 9.40. The summed E-state index contributed by atoms with van der Waals surface area (Å²) in [6, 6.07) is 5.28. The molecule has 1 aromatic heterocycles. The van der Waals surface area contributed by atoms with Gasteiger partial charge in [0.05, 0.1) is 17.3 Å². The zero-order valence-electron chi connectivity index (χ0n) is 15.3. The van der Waals surface area contributed by atoms with Crippen LogP contribution in [0.1, 0.15) is 50.5 Å². The molecule has 3 rings (SSSR count). The number of ether oxygens (including phenoxy) is 1. The maximum absolute atomic E-state index is 13.1. The van der Waals surface area contributed by atoms with E-state index in [0.29, 0.717) is 12.4 Å². The molecule has 5 nitrogen and oxygen atoms in total. The van der Waals surface area contributed by atoms with E-state index in [1.54, 1.807) is 23.5 Å². The summed E-state index contributed by atoms with van der Waals surface area (Å²) in [5.74, 6) is 0.393. The Balaban J connectivity index is 1.94. The van der Waals surface area contributed by atoms with Crippen LogP contribution in [0.25, 0.3) is 11.3 Å². The van der Waals surface area contributed by atoms with E-state index in [1.807, 2.05) is 25.3 Å². The molecule has 2 aromatic rings. The standard InChI is InChI=1S/C19H26N2O3S2/c1-3-24-18-11-10-15(17-13-25-14(2)20-17)12-19(18)26(22,23)21-16-8-6-4-5-7-9-16/h10-13,16,21H,3-9H2,1-2H3. The number of sulfonamides is 1.